The van der Waals surface area contributed by atoms with Gasteiger partial charge in [-0.2, -0.15) is 4.31 Å². The Morgan fingerprint density at radius 3 is 2.70 bits per heavy atom. The van der Waals surface area contributed by atoms with Gasteiger partial charge in [-0.3, -0.25) is 0 Å². The first-order valence-corrected chi connectivity index (χ1v) is 8.54. The highest BCUT2D eigenvalue weighted by molar-refractivity contribution is 7.88. The Labute approximate surface area is 119 Å². The topological polar surface area (TPSA) is 49.4 Å². The Morgan fingerprint density at radius 1 is 1.30 bits per heavy atom. The molecule has 0 radical (unpaired) electrons. The van der Waals surface area contributed by atoms with Crippen LogP contribution >= 0.6 is 0 Å². The molecule has 0 amide bonds. The first-order chi connectivity index (χ1) is 9.47. The van der Waals surface area contributed by atoms with Crippen LogP contribution in [0.15, 0.2) is 24.3 Å². The normalized spacial score (nSPS) is 30.6. The molecule has 2 saturated heterocycles. The fraction of sp³-hybridized carbons (Fsp3) is 0.571. The smallest absolute Gasteiger partial charge is 0.218 e. The maximum atomic E-state index is 12.9. The van der Waals surface area contributed by atoms with Gasteiger partial charge in [0.1, 0.15) is 5.82 Å². The predicted octanol–water partition coefficient (Wildman–Crippen LogP) is 1.34. The molecular weight excluding hydrogens is 279 g/mol. The third kappa shape index (κ3) is 2.47. The fourth-order valence-electron chi connectivity index (χ4n) is 3.47. The summed E-state index contributed by atoms with van der Waals surface area (Å²) in [5.41, 5.74) is 0.632. The molecule has 0 aliphatic carbocycles. The minimum atomic E-state index is -3.36. The van der Waals surface area contributed by atoms with Gasteiger partial charge in [0.05, 0.1) is 5.75 Å². The van der Waals surface area contributed by atoms with E-state index < -0.39 is 10.0 Å². The number of halogens is 1. The van der Waals surface area contributed by atoms with Crippen molar-refractivity contribution in [3.8, 4) is 0 Å². The van der Waals surface area contributed by atoms with Crippen molar-refractivity contribution >= 4 is 10.0 Å². The van der Waals surface area contributed by atoms with Gasteiger partial charge in [-0.05, 0) is 43.5 Å². The van der Waals surface area contributed by atoms with Crippen molar-refractivity contribution in [1.82, 2.24) is 9.62 Å². The molecule has 1 N–H and O–H groups in total. The number of hydrogen-bond acceptors (Lipinski definition) is 3. The minimum absolute atomic E-state index is 0.0533. The molecule has 2 aliphatic heterocycles. The highest BCUT2D eigenvalue weighted by Gasteiger charge is 2.47. The Bertz CT molecular complexity index is 588. The second kappa shape index (κ2) is 5.09. The van der Waals surface area contributed by atoms with Gasteiger partial charge in [-0.25, -0.2) is 12.8 Å². The van der Waals surface area contributed by atoms with Crippen LogP contribution in [0.3, 0.4) is 0 Å². The minimum Gasteiger partial charge on any atom is -0.315 e. The number of hydrogen-bond donors (Lipinski definition) is 1. The van der Waals surface area contributed by atoms with Crippen LogP contribution < -0.4 is 5.32 Å². The number of nitrogens with one attached hydrogen (secondary N) is 1. The lowest BCUT2D eigenvalue weighted by atomic mass is 10.0. The van der Waals surface area contributed by atoms with E-state index in [0.29, 0.717) is 11.5 Å². The molecule has 0 spiro atoms. The second-order valence-corrected chi connectivity index (χ2v) is 7.66. The quantitative estimate of drug-likeness (QED) is 0.916. The van der Waals surface area contributed by atoms with E-state index in [2.05, 4.69) is 5.32 Å². The van der Waals surface area contributed by atoms with Gasteiger partial charge in [-0.15, -0.1) is 0 Å². The van der Waals surface area contributed by atoms with E-state index in [0.717, 1.165) is 19.5 Å². The zero-order valence-corrected chi connectivity index (χ0v) is 12.2. The molecule has 2 fully saturated rings. The van der Waals surface area contributed by atoms with Crippen molar-refractivity contribution in [3.05, 3.63) is 35.6 Å². The second-order valence-electron chi connectivity index (χ2n) is 5.78. The first kappa shape index (κ1) is 14.0. The van der Waals surface area contributed by atoms with Crippen LogP contribution in [0.1, 0.15) is 18.9 Å². The van der Waals surface area contributed by atoms with Gasteiger partial charge < -0.3 is 5.32 Å². The van der Waals surface area contributed by atoms with Gasteiger partial charge in [-0.1, -0.05) is 12.1 Å². The van der Waals surface area contributed by atoms with Gasteiger partial charge in [0.25, 0.3) is 0 Å². The van der Waals surface area contributed by atoms with E-state index >= 15 is 0 Å². The average molecular weight is 298 g/mol. The summed E-state index contributed by atoms with van der Waals surface area (Å²) in [6.45, 7) is 3.61. The van der Waals surface area contributed by atoms with Crippen molar-refractivity contribution in [1.29, 1.82) is 0 Å². The zero-order valence-electron chi connectivity index (χ0n) is 11.4. The molecule has 4 nitrogen and oxygen atoms in total. The monoisotopic (exact) mass is 298 g/mol. The number of fused-ring (bicyclic) bond motifs is 1. The van der Waals surface area contributed by atoms with E-state index in [1.807, 2.05) is 6.92 Å². The molecule has 0 saturated carbocycles. The summed E-state index contributed by atoms with van der Waals surface area (Å²) in [5, 5.41) is 3.26. The molecule has 1 aromatic rings. The van der Waals surface area contributed by atoms with Crippen LogP contribution in [0.5, 0.6) is 0 Å². The summed E-state index contributed by atoms with van der Waals surface area (Å²) in [6, 6.07) is 5.82. The fourth-order valence-corrected chi connectivity index (χ4v) is 5.53. The number of benzene rings is 1. The summed E-state index contributed by atoms with van der Waals surface area (Å²) in [7, 11) is -3.36. The molecule has 3 rings (SSSR count). The van der Waals surface area contributed by atoms with Gasteiger partial charge in [0.2, 0.25) is 10.0 Å². The van der Waals surface area contributed by atoms with Crippen molar-refractivity contribution in [2.24, 2.45) is 5.92 Å². The summed E-state index contributed by atoms with van der Waals surface area (Å²) in [4.78, 5) is 0. The molecule has 3 unspecified atom stereocenters. The third-order valence-corrected chi connectivity index (χ3v) is 6.26. The van der Waals surface area contributed by atoms with E-state index in [-0.39, 0.29) is 23.7 Å². The first-order valence-electron chi connectivity index (χ1n) is 6.94. The Hall–Kier alpha value is -0.980. The molecule has 1 aromatic carbocycles. The molecule has 0 aromatic heterocycles. The lowest BCUT2D eigenvalue weighted by Gasteiger charge is -2.26. The highest BCUT2D eigenvalue weighted by atomic mass is 32.2. The highest BCUT2D eigenvalue weighted by Crippen LogP contribution is 2.35. The summed E-state index contributed by atoms with van der Waals surface area (Å²) in [6.07, 6.45) is 0.917. The molecular formula is C14H19FN2O2S. The standard InChI is InChI=1S/C14H19FN2O2S/c1-10-6-12-7-16-8-14(12)17(10)20(18,19)9-11-2-4-13(15)5-3-11/h2-5,10,12,14,16H,6-9H2,1H3. The predicted molar refractivity (Wildman–Crippen MR) is 75.1 cm³/mol. The van der Waals surface area contributed by atoms with Gasteiger partial charge >= 0.3 is 0 Å². The number of sulfonamides is 1. The lowest BCUT2D eigenvalue weighted by Crippen LogP contribution is -2.43. The summed E-state index contributed by atoms with van der Waals surface area (Å²) < 4.78 is 39.8. The van der Waals surface area contributed by atoms with Crippen LogP contribution in [-0.4, -0.2) is 37.9 Å². The maximum absolute atomic E-state index is 12.9. The molecule has 20 heavy (non-hydrogen) atoms. The molecule has 6 heteroatoms. The lowest BCUT2D eigenvalue weighted by molar-refractivity contribution is 0.335. The van der Waals surface area contributed by atoms with Gasteiger partial charge in [0, 0.05) is 18.6 Å². The van der Waals surface area contributed by atoms with Crippen molar-refractivity contribution < 1.29 is 12.8 Å². The Morgan fingerprint density at radius 2 is 2.00 bits per heavy atom. The molecule has 110 valence electrons. The van der Waals surface area contributed by atoms with Crippen LogP contribution in [0.4, 0.5) is 4.39 Å². The number of rotatable bonds is 3. The van der Waals surface area contributed by atoms with Crippen molar-refractivity contribution in [3.63, 3.8) is 0 Å². The third-order valence-electron chi connectivity index (χ3n) is 4.29. The van der Waals surface area contributed by atoms with Crippen LogP contribution in [0.25, 0.3) is 0 Å². The van der Waals surface area contributed by atoms with E-state index in [9.17, 15) is 12.8 Å². The summed E-state index contributed by atoms with van der Waals surface area (Å²) >= 11 is 0. The average Bonchev–Trinajstić information content (AvgIpc) is 2.91. The van der Waals surface area contributed by atoms with Gasteiger partial charge in [0.15, 0.2) is 0 Å². The van der Waals surface area contributed by atoms with Crippen molar-refractivity contribution in [2.75, 3.05) is 13.1 Å². The van der Waals surface area contributed by atoms with Crippen LogP contribution in [0.2, 0.25) is 0 Å². The summed E-state index contributed by atoms with van der Waals surface area (Å²) in [5.74, 6) is 0.0228. The zero-order chi connectivity index (χ0) is 14.3. The molecule has 2 aliphatic rings. The van der Waals surface area contributed by atoms with E-state index in [1.165, 1.54) is 24.3 Å². The van der Waals surface area contributed by atoms with E-state index in [1.54, 1.807) is 4.31 Å². The number of nitrogens with zero attached hydrogens (tertiary/aromatic N) is 1. The Kier molecular flexibility index (Phi) is 3.56. The van der Waals surface area contributed by atoms with Crippen LogP contribution in [-0.2, 0) is 15.8 Å². The molecule has 0 bridgehead atoms. The maximum Gasteiger partial charge on any atom is 0.218 e. The Balaban J connectivity index is 1.82. The largest absolute Gasteiger partial charge is 0.315 e. The molecule has 2 heterocycles. The van der Waals surface area contributed by atoms with Crippen molar-refractivity contribution in [2.45, 2.75) is 31.2 Å². The SMILES string of the molecule is CC1CC2CNCC2N1S(=O)(=O)Cc1ccc(F)cc1. The van der Waals surface area contributed by atoms with E-state index in [4.69, 9.17) is 0 Å². The van der Waals surface area contributed by atoms with Crippen LogP contribution in [0, 0.1) is 11.7 Å². The molecule has 3 atom stereocenters.